The second-order valence-electron chi connectivity index (χ2n) is 7.30. The number of methoxy groups -OCH3 is 1. The third-order valence-electron chi connectivity index (χ3n) is 5.44. The number of para-hydroxylation sites is 1. The maximum Gasteiger partial charge on any atom is 0.225 e. The number of nitrogens with one attached hydrogen (secondary N) is 2. The molecule has 0 spiro atoms. The Hall–Kier alpha value is -3.54. The van der Waals surface area contributed by atoms with Crippen LogP contribution in [0.15, 0.2) is 54.6 Å². The summed E-state index contributed by atoms with van der Waals surface area (Å²) in [5.41, 5.74) is 5.50. The molecule has 4 rings (SSSR count). The molecular weight excluding hydrogens is 376 g/mol. The number of H-pyrrole nitrogens is 1. The molecule has 0 radical (unpaired) electrons. The highest BCUT2D eigenvalue weighted by molar-refractivity contribution is 5.93. The van der Waals surface area contributed by atoms with Crippen molar-refractivity contribution in [3.63, 3.8) is 0 Å². The van der Waals surface area contributed by atoms with Gasteiger partial charge in [-0.1, -0.05) is 30.3 Å². The van der Waals surface area contributed by atoms with Crippen LogP contribution in [0.4, 0.5) is 5.82 Å². The number of amides is 1. The van der Waals surface area contributed by atoms with Gasteiger partial charge in [0.1, 0.15) is 5.75 Å². The van der Waals surface area contributed by atoms with E-state index in [2.05, 4.69) is 58.2 Å². The fraction of sp³-hybridized carbons (Fsp3) is 0.250. The van der Waals surface area contributed by atoms with Crippen LogP contribution in [0.3, 0.4) is 0 Å². The standard InChI is InChI=1S/C24H26N4O2/c1-4-28-21-8-6-5-7-19(21)16(2)24(28)20-15-22(27-26-20)25-23(29)14-11-17-9-12-18(30-3)13-10-17/h5-10,12-13,15H,4,11,14H2,1-3H3,(H2,25,26,27,29). The van der Waals surface area contributed by atoms with E-state index in [9.17, 15) is 4.79 Å². The van der Waals surface area contributed by atoms with E-state index in [1.54, 1.807) is 7.11 Å². The minimum absolute atomic E-state index is 0.0587. The van der Waals surface area contributed by atoms with E-state index >= 15 is 0 Å². The molecule has 2 heterocycles. The van der Waals surface area contributed by atoms with E-state index in [0.29, 0.717) is 18.7 Å². The van der Waals surface area contributed by atoms with Gasteiger partial charge in [-0.05, 0) is 49.6 Å². The third-order valence-corrected chi connectivity index (χ3v) is 5.44. The van der Waals surface area contributed by atoms with Crippen LogP contribution < -0.4 is 10.1 Å². The van der Waals surface area contributed by atoms with Gasteiger partial charge in [-0.3, -0.25) is 9.89 Å². The van der Waals surface area contributed by atoms with Gasteiger partial charge in [0.15, 0.2) is 5.82 Å². The quantitative estimate of drug-likeness (QED) is 0.460. The molecule has 30 heavy (non-hydrogen) atoms. The molecule has 2 aromatic carbocycles. The highest BCUT2D eigenvalue weighted by Gasteiger charge is 2.17. The number of hydrogen-bond donors (Lipinski definition) is 2. The predicted molar refractivity (Wildman–Crippen MR) is 120 cm³/mol. The fourth-order valence-corrected chi connectivity index (χ4v) is 3.91. The second-order valence-corrected chi connectivity index (χ2v) is 7.30. The van der Waals surface area contributed by atoms with Crippen LogP contribution in [0.25, 0.3) is 22.3 Å². The molecule has 0 fully saturated rings. The molecule has 0 atom stereocenters. The summed E-state index contributed by atoms with van der Waals surface area (Å²) in [6, 6.07) is 18.0. The van der Waals surface area contributed by atoms with Crippen molar-refractivity contribution in [3.05, 3.63) is 65.7 Å². The van der Waals surface area contributed by atoms with Crippen LogP contribution in [0.5, 0.6) is 5.75 Å². The van der Waals surface area contributed by atoms with Crippen molar-refractivity contribution < 1.29 is 9.53 Å². The smallest absolute Gasteiger partial charge is 0.225 e. The number of hydrogen-bond acceptors (Lipinski definition) is 3. The Morgan fingerprint density at radius 2 is 1.93 bits per heavy atom. The average molecular weight is 402 g/mol. The van der Waals surface area contributed by atoms with Crippen LogP contribution in [0.1, 0.15) is 24.5 Å². The van der Waals surface area contributed by atoms with E-state index in [0.717, 1.165) is 29.2 Å². The number of nitrogens with zero attached hydrogens (tertiary/aromatic N) is 2. The van der Waals surface area contributed by atoms with E-state index in [4.69, 9.17) is 4.74 Å². The minimum atomic E-state index is -0.0587. The first kappa shape index (κ1) is 19.8. The second kappa shape index (κ2) is 8.45. The van der Waals surface area contributed by atoms with Crippen LogP contribution in [-0.2, 0) is 17.8 Å². The molecule has 2 aromatic heterocycles. The molecule has 0 aliphatic rings. The lowest BCUT2D eigenvalue weighted by Gasteiger charge is -2.06. The number of benzene rings is 2. The average Bonchev–Trinajstić information content (AvgIpc) is 3.34. The molecule has 0 aliphatic heterocycles. The molecular formula is C24H26N4O2. The highest BCUT2D eigenvalue weighted by Crippen LogP contribution is 2.33. The van der Waals surface area contributed by atoms with E-state index < -0.39 is 0 Å². The Morgan fingerprint density at radius 3 is 2.67 bits per heavy atom. The lowest BCUT2D eigenvalue weighted by Crippen LogP contribution is -2.12. The first-order valence-electron chi connectivity index (χ1n) is 10.2. The molecule has 0 bridgehead atoms. The summed E-state index contributed by atoms with van der Waals surface area (Å²) in [7, 11) is 1.64. The molecule has 1 amide bonds. The summed E-state index contributed by atoms with van der Waals surface area (Å²) in [6.45, 7) is 5.11. The Bertz CT molecular complexity index is 1170. The van der Waals surface area contributed by atoms with Gasteiger partial charge >= 0.3 is 0 Å². The van der Waals surface area contributed by atoms with Gasteiger partial charge < -0.3 is 14.6 Å². The molecule has 0 saturated heterocycles. The van der Waals surface area contributed by atoms with Gasteiger partial charge in [-0.2, -0.15) is 5.10 Å². The summed E-state index contributed by atoms with van der Waals surface area (Å²) in [4.78, 5) is 12.4. The Balaban J connectivity index is 1.47. The topological polar surface area (TPSA) is 71.9 Å². The summed E-state index contributed by atoms with van der Waals surface area (Å²) in [5.74, 6) is 1.29. The Morgan fingerprint density at radius 1 is 1.17 bits per heavy atom. The first-order valence-corrected chi connectivity index (χ1v) is 10.2. The molecule has 4 aromatic rings. The van der Waals surface area contributed by atoms with Gasteiger partial charge in [0.25, 0.3) is 0 Å². The van der Waals surface area contributed by atoms with Crippen LogP contribution in [-0.4, -0.2) is 27.8 Å². The number of aromatic amines is 1. The van der Waals surface area contributed by atoms with Crippen molar-refractivity contribution >= 4 is 22.6 Å². The molecule has 0 saturated carbocycles. The molecule has 154 valence electrons. The van der Waals surface area contributed by atoms with Crippen molar-refractivity contribution in [2.75, 3.05) is 12.4 Å². The van der Waals surface area contributed by atoms with Crippen molar-refractivity contribution in [2.24, 2.45) is 0 Å². The molecule has 0 unspecified atom stereocenters. The van der Waals surface area contributed by atoms with E-state index in [-0.39, 0.29) is 5.91 Å². The maximum atomic E-state index is 12.4. The summed E-state index contributed by atoms with van der Waals surface area (Å²) in [6.07, 6.45) is 1.05. The van der Waals surface area contributed by atoms with Gasteiger partial charge in [0.05, 0.1) is 18.5 Å². The van der Waals surface area contributed by atoms with Gasteiger partial charge in [0, 0.05) is 29.9 Å². The number of fused-ring (bicyclic) bond motifs is 1. The number of ether oxygens (including phenoxy) is 1. The number of carbonyl (C=O) groups excluding carboxylic acids is 1. The number of rotatable bonds is 7. The predicted octanol–water partition coefficient (Wildman–Crippen LogP) is 4.94. The molecule has 0 aliphatic carbocycles. The highest BCUT2D eigenvalue weighted by atomic mass is 16.5. The van der Waals surface area contributed by atoms with Crippen molar-refractivity contribution in [2.45, 2.75) is 33.2 Å². The van der Waals surface area contributed by atoms with Gasteiger partial charge in [0.2, 0.25) is 5.91 Å². The van der Waals surface area contributed by atoms with Crippen LogP contribution in [0, 0.1) is 6.92 Å². The van der Waals surface area contributed by atoms with Crippen molar-refractivity contribution in [1.82, 2.24) is 14.8 Å². The molecule has 6 nitrogen and oxygen atoms in total. The summed E-state index contributed by atoms with van der Waals surface area (Å²) in [5, 5.41) is 11.5. The van der Waals surface area contributed by atoms with Crippen LogP contribution in [0.2, 0.25) is 0 Å². The number of carbonyl (C=O) groups is 1. The Kier molecular flexibility index (Phi) is 5.57. The fourth-order valence-electron chi connectivity index (χ4n) is 3.91. The third kappa shape index (κ3) is 3.81. The van der Waals surface area contributed by atoms with E-state index in [1.807, 2.05) is 30.3 Å². The lowest BCUT2D eigenvalue weighted by atomic mass is 10.1. The zero-order chi connectivity index (χ0) is 21.1. The monoisotopic (exact) mass is 402 g/mol. The number of anilines is 1. The molecule has 6 heteroatoms. The normalized spacial score (nSPS) is 11.0. The zero-order valence-corrected chi connectivity index (χ0v) is 17.5. The lowest BCUT2D eigenvalue weighted by molar-refractivity contribution is -0.116. The van der Waals surface area contributed by atoms with Crippen LogP contribution >= 0.6 is 0 Å². The van der Waals surface area contributed by atoms with Crippen molar-refractivity contribution in [1.29, 1.82) is 0 Å². The zero-order valence-electron chi connectivity index (χ0n) is 17.5. The molecule has 2 N–H and O–H groups in total. The number of aromatic nitrogens is 3. The van der Waals surface area contributed by atoms with E-state index in [1.165, 1.54) is 16.5 Å². The SMILES string of the molecule is CCn1c(-c2cc(NC(=O)CCc3ccc(OC)cc3)n[nH]2)c(C)c2ccccc21. The number of aryl methyl sites for hydroxylation is 3. The Labute approximate surface area is 175 Å². The summed E-state index contributed by atoms with van der Waals surface area (Å²) >= 11 is 0. The van der Waals surface area contributed by atoms with Gasteiger partial charge in [-0.25, -0.2) is 0 Å². The first-order chi connectivity index (χ1) is 14.6. The summed E-state index contributed by atoms with van der Waals surface area (Å²) < 4.78 is 7.44. The van der Waals surface area contributed by atoms with Crippen molar-refractivity contribution in [3.8, 4) is 17.1 Å². The minimum Gasteiger partial charge on any atom is -0.497 e. The largest absolute Gasteiger partial charge is 0.497 e. The van der Waals surface area contributed by atoms with Gasteiger partial charge in [-0.15, -0.1) is 0 Å². The maximum absolute atomic E-state index is 12.4.